The molecule has 0 spiro atoms. The maximum Gasteiger partial charge on any atom is 0.154 e. The van der Waals surface area contributed by atoms with Gasteiger partial charge in [0.2, 0.25) is 0 Å². The van der Waals surface area contributed by atoms with Crippen molar-refractivity contribution in [2.24, 2.45) is 5.73 Å². The maximum absolute atomic E-state index is 5.59. The van der Waals surface area contributed by atoms with E-state index in [4.69, 9.17) is 15.2 Å². The monoisotopic (exact) mass is 217 g/mol. The third-order valence-corrected chi connectivity index (χ3v) is 4.09. The Morgan fingerprint density at radius 2 is 2.21 bits per heavy atom. The van der Waals surface area contributed by atoms with Crippen LogP contribution in [0.25, 0.3) is 0 Å². The van der Waals surface area contributed by atoms with Gasteiger partial charge in [0.25, 0.3) is 0 Å². The van der Waals surface area contributed by atoms with Crippen molar-refractivity contribution >= 4 is 11.8 Å². The Morgan fingerprint density at radius 1 is 1.50 bits per heavy atom. The quantitative estimate of drug-likeness (QED) is 0.766. The molecule has 82 valence electrons. The minimum Gasteiger partial charge on any atom is -0.490 e. The highest BCUT2D eigenvalue weighted by Crippen LogP contribution is 2.49. The van der Waals surface area contributed by atoms with Crippen molar-refractivity contribution in [3.63, 3.8) is 0 Å². The third kappa shape index (κ3) is 2.24. The van der Waals surface area contributed by atoms with Crippen molar-refractivity contribution in [1.29, 1.82) is 0 Å². The highest BCUT2D eigenvalue weighted by Gasteiger charge is 2.39. The van der Waals surface area contributed by atoms with Crippen LogP contribution in [0.1, 0.15) is 26.2 Å². The van der Waals surface area contributed by atoms with E-state index in [2.05, 4.69) is 6.92 Å². The number of methoxy groups -OCH3 is 2. The van der Waals surface area contributed by atoms with Gasteiger partial charge in [-0.25, -0.2) is 0 Å². The van der Waals surface area contributed by atoms with Gasteiger partial charge in [0.15, 0.2) is 5.09 Å². The number of ether oxygens (including phenoxy) is 2. The van der Waals surface area contributed by atoms with E-state index in [0.29, 0.717) is 6.54 Å². The van der Waals surface area contributed by atoms with Crippen LogP contribution >= 0.6 is 11.8 Å². The van der Waals surface area contributed by atoms with Gasteiger partial charge in [0.05, 0.1) is 7.11 Å². The SMILES string of the molecule is CCC1=C(OC)S[C@@](CCN)(OC)C1. The molecule has 1 atom stereocenters. The molecule has 0 bridgehead atoms. The summed E-state index contributed by atoms with van der Waals surface area (Å²) in [6.45, 7) is 2.79. The normalized spacial score (nSPS) is 27.1. The second-order valence-corrected chi connectivity index (χ2v) is 4.70. The van der Waals surface area contributed by atoms with E-state index in [1.807, 2.05) is 0 Å². The van der Waals surface area contributed by atoms with Crippen molar-refractivity contribution in [3.05, 3.63) is 10.7 Å². The van der Waals surface area contributed by atoms with E-state index in [9.17, 15) is 0 Å². The largest absolute Gasteiger partial charge is 0.490 e. The fourth-order valence-electron chi connectivity index (χ4n) is 1.71. The second kappa shape index (κ2) is 5.05. The molecule has 3 nitrogen and oxygen atoms in total. The molecule has 0 aromatic rings. The fraction of sp³-hybridized carbons (Fsp3) is 0.800. The summed E-state index contributed by atoms with van der Waals surface area (Å²) in [5, 5.41) is 1.02. The van der Waals surface area contributed by atoms with Crippen molar-refractivity contribution < 1.29 is 9.47 Å². The maximum atomic E-state index is 5.59. The van der Waals surface area contributed by atoms with Gasteiger partial charge in [0, 0.05) is 13.5 Å². The Bertz CT molecular complexity index is 212. The molecule has 4 heteroatoms. The van der Waals surface area contributed by atoms with Gasteiger partial charge in [-0.3, -0.25) is 0 Å². The Morgan fingerprint density at radius 3 is 2.57 bits per heavy atom. The minimum absolute atomic E-state index is 0.175. The van der Waals surface area contributed by atoms with Crippen LogP contribution in [0, 0.1) is 0 Å². The van der Waals surface area contributed by atoms with Gasteiger partial charge in [-0.15, -0.1) is 0 Å². The predicted molar refractivity (Wildman–Crippen MR) is 59.9 cm³/mol. The first-order valence-electron chi connectivity index (χ1n) is 4.91. The molecule has 1 heterocycles. The summed E-state index contributed by atoms with van der Waals surface area (Å²) in [5.74, 6) is 0. The highest BCUT2D eigenvalue weighted by molar-refractivity contribution is 8.04. The lowest BCUT2D eigenvalue weighted by atomic mass is 10.0. The smallest absolute Gasteiger partial charge is 0.154 e. The van der Waals surface area contributed by atoms with E-state index in [1.54, 1.807) is 26.0 Å². The van der Waals surface area contributed by atoms with Crippen LogP contribution in [0.5, 0.6) is 0 Å². The molecule has 0 saturated carbocycles. The predicted octanol–water partition coefficient (Wildman–Crippen LogP) is 2.08. The van der Waals surface area contributed by atoms with Gasteiger partial charge in [0.1, 0.15) is 4.93 Å². The summed E-state index contributed by atoms with van der Waals surface area (Å²) >= 11 is 1.67. The summed E-state index contributed by atoms with van der Waals surface area (Å²) < 4.78 is 10.9. The summed E-state index contributed by atoms with van der Waals surface area (Å²) in [6.07, 6.45) is 2.82. The lowest BCUT2D eigenvalue weighted by molar-refractivity contribution is 0.0684. The van der Waals surface area contributed by atoms with Crippen molar-refractivity contribution in [1.82, 2.24) is 0 Å². The summed E-state index contributed by atoms with van der Waals surface area (Å²) in [6, 6.07) is 0. The molecule has 1 rings (SSSR count). The first kappa shape index (κ1) is 11.9. The summed E-state index contributed by atoms with van der Waals surface area (Å²) in [7, 11) is 3.46. The molecule has 1 aliphatic rings. The van der Waals surface area contributed by atoms with Crippen LogP contribution in [0.15, 0.2) is 10.7 Å². The summed E-state index contributed by atoms with van der Waals surface area (Å²) in [4.78, 5) is -0.175. The zero-order valence-corrected chi connectivity index (χ0v) is 9.95. The van der Waals surface area contributed by atoms with Gasteiger partial charge in [-0.2, -0.15) is 0 Å². The van der Waals surface area contributed by atoms with Crippen LogP contribution in [-0.2, 0) is 9.47 Å². The molecule has 0 aliphatic carbocycles. The Hall–Kier alpha value is -0.190. The van der Waals surface area contributed by atoms with Crippen LogP contribution in [0.2, 0.25) is 0 Å². The van der Waals surface area contributed by atoms with Gasteiger partial charge in [-0.1, -0.05) is 18.7 Å². The lowest BCUT2D eigenvalue weighted by Gasteiger charge is -2.26. The first-order chi connectivity index (χ1) is 6.71. The molecular weight excluding hydrogens is 198 g/mol. The molecule has 0 amide bonds. The van der Waals surface area contributed by atoms with E-state index < -0.39 is 0 Å². The first-order valence-corrected chi connectivity index (χ1v) is 5.73. The van der Waals surface area contributed by atoms with Crippen LogP contribution in [0.4, 0.5) is 0 Å². The van der Waals surface area contributed by atoms with E-state index in [-0.39, 0.29) is 4.93 Å². The van der Waals surface area contributed by atoms with Gasteiger partial charge < -0.3 is 15.2 Å². The van der Waals surface area contributed by atoms with Crippen LogP contribution in [0.3, 0.4) is 0 Å². The van der Waals surface area contributed by atoms with E-state index in [0.717, 1.165) is 24.4 Å². The lowest BCUT2D eigenvalue weighted by Crippen LogP contribution is -2.28. The molecule has 0 fully saturated rings. The molecular formula is C10H19NO2S. The topological polar surface area (TPSA) is 44.5 Å². The average molecular weight is 217 g/mol. The molecule has 0 aromatic heterocycles. The molecule has 0 unspecified atom stereocenters. The van der Waals surface area contributed by atoms with Gasteiger partial charge in [-0.05, 0) is 25.0 Å². The number of rotatable bonds is 5. The third-order valence-electron chi connectivity index (χ3n) is 2.56. The summed E-state index contributed by atoms with van der Waals surface area (Å²) in [5.41, 5.74) is 6.93. The van der Waals surface area contributed by atoms with Gasteiger partial charge >= 0.3 is 0 Å². The van der Waals surface area contributed by atoms with E-state index >= 15 is 0 Å². The Kier molecular flexibility index (Phi) is 4.29. The molecule has 1 aliphatic heterocycles. The Labute approximate surface area is 90.0 Å². The number of nitrogens with two attached hydrogens (primary N) is 1. The zero-order chi connectivity index (χ0) is 10.6. The van der Waals surface area contributed by atoms with Crippen molar-refractivity contribution in [2.45, 2.75) is 31.1 Å². The Balaban J connectivity index is 2.72. The van der Waals surface area contributed by atoms with Crippen molar-refractivity contribution in [3.8, 4) is 0 Å². The fourth-order valence-corrected chi connectivity index (χ4v) is 3.04. The van der Waals surface area contributed by atoms with Crippen LogP contribution in [-0.4, -0.2) is 25.7 Å². The average Bonchev–Trinajstić information content (AvgIpc) is 2.58. The highest BCUT2D eigenvalue weighted by atomic mass is 32.2. The zero-order valence-electron chi connectivity index (χ0n) is 9.13. The molecule has 2 N–H and O–H groups in total. The van der Waals surface area contributed by atoms with Crippen LogP contribution < -0.4 is 5.73 Å². The molecule has 0 saturated heterocycles. The number of thioether (sulfide) groups is 1. The second-order valence-electron chi connectivity index (χ2n) is 3.38. The van der Waals surface area contributed by atoms with E-state index in [1.165, 1.54) is 5.57 Å². The molecule has 14 heavy (non-hydrogen) atoms. The molecule has 0 aromatic carbocycles. The van der Waals surface area contributed by atoms with Crippen molar-refractivity contribution in [2.75, 3.05) is 20.8 Å². The molecule has 0 radical (unpaired) electrons. The minimum atomic E-state index is -0.175. The number of hydrogen-bond donors (Lipinski definition) is 1. The standard InChI is InChI=1S/C10H19NO2S/c1-4-8-7-10(13-3,5-6-11)14-9(8)12-2/h4-7,11H2,1-3H3/t10-/m1/s1. The number of hydrogen-bond acceptors (Lipinski definition) is 4.